The topological polar surface area (TPSA) is 20.2 Å². The lowest BCUT2D eigenvalue weighted by atomic mass is 10.2. The van der Waals surface area contributed by atoms with Crippen molar-refractivity contribution in [1.29, 1.82) is 0 Å². The summed E-state index contributed by atoms with van der Waals surface area (Å²) in [5.41, 5.74) is 0. The minimum absolute atomic E-state index is 0.280. The van der Waals surface area contributed by atoms with Gasteiger partial charge in [0.2, 0.25) is 0 Å². The van der Waals surface area contributed by atoms with Crippen LogP contribution >= 0.6 is 23.1 Å². The maximum absolute atomic E-state index is 8.90. The maximum Gasteiger partial charge on any atom is 0.0431 e. The van der Waals surface area contributed by atoms with Gasteiger partial charge >= 0.3 is 0 Å². The zero-order chi connectivity index (χ0) is 13.3. The van der Waals surface area contributed by atoms with Crippen molar-refractivity contribution in [3.63, 3.8) is 0 Å². The fraction of sp³-hybridized carbons (Fsp3) is 0.250. The van der Waals surface area contributed by atoms with Gasteiger partial charge in [-0.3, -0.25) is 0 Å². The number of hydrogen-bond acceptors (Lipinski definition) is 3. The number of allylic oxidation sites excluding steroid dienone is 1. The van der Waals surface area contributed by atoms with Crippen LogP contribution in [0.5, 0.6) is 0 Å². The van der Waals surface area contributed by atoms with E-state index in [1.807, 2.05) is 17.8 Å². The van der Waals surface area contributed by atoms with E-state index >= 15 is 0 Å². The van der Waals surface area contributed by atoms with Gasteiger partial charge in [-0.05, 0) is 53.8 Å². The third-order valence-corrected chi connectivity index (χ3v) is 4.58. The highest BCUT2D eigenvalue weighted by Crippen LogP contribution is 2.32. The van der Waals surface area contributed by atoms with E-state index in [0.29, 0.717) is 0 Å². The summed E-state index contributed by atoms with van der Waals surface area (Å²) >= 11 is 3.59. The van der Waals surface area contributed by atoms with E-state index in [9.17, 15) is 0 Å². The number of aliphatic hydroxyl groups excluding tert-OH is 1. The Bertz CT molecular complexity index is 489. The number of hydrogen-bond donors (Lipinski definition) is 1. The molecule has 2 aromatic rings. The van der Waals surface area contributed by atoms with Crippen LogP contribution in [0.4, 0.5) is 0 Å². The molecule has 19 heavy (non-hydrogen) atoms. The fourth-order valence-corrected chi connectivity index (χ4v) is 3.52. The highest BCUT2D eigenvalue weighted by atomic mass is 32.2. The zero-order valence-electron chi connectivity index (χ0n) is 10.8. The highest BCUT2D eigenvalue weighted by Gasteiger charge is 2.02. The second-order valence-corrected chi connectivity index (χ2v) is 6.40. The Morgan fingerprint density at radius 3 is 2.63 bits per heavy atom. The highest BCUT2D eigenvalue weighted by molar-refractivity contribution is 8.03. The van der Waals surface area contributed by atoms with Crippen LogP contribution in [0.1, 0.15) is 24.1 Å². The van der Waals surface area contributed by atoms with E-state index in [2.05, 4.69) is 47.9 Å². The first-order valence-corrected chi connectivity index (χ1v) is 8.16. The average Bonchev–Trinajstić information content (AvgIpc) is 2.93. The summed E-state index contributed by atoms with van der Waals surface area (Å²) in [4.78, 5) is 3.93. The summed E-state index contributed by atoms with van der Waals surface area (Å²) in [5, 5.41) is 11.0. The molecule has 1 nitrogen and oxygen atoms in total. The Hall–Kier alpha value is -1.03. The molecular weight excluding hydrogens is 272 g/mol. The molecule has 0 amide bonds. The molecule has 0 radical (unpaired) electrons. The quantitative estimate of drug-likeness (QED) is 0.569. The van der Waals surface area contributed by atoms with Gasteiger partial charge in [0, 0.05) is 16.4 Å². The number of thiophene rings is 1. The summed E-state index contributed by atoms with van der Waals surface area (Å²) in [6.45, 7) is 0.280. The molecule has 0 aliphatic rings. The van der Waals surface area contributed by atoms with E-state index in [1.165, 1.54) is 14.7 Å². The molecule has 3 heteroatoms. The van der Waals surface area contributed by atoms with Crippen LogP contribution in [-0.2, 0) is 0 Å². The molecule has 0 fully saturated rings. The average molecular weight is 290 g/mol. The normalized spacial score (nSPS) is 11.7. The van der Waals surface area contributed by atoms with E-state index in [0.717, 1.165) is 19.3 Å². The standard InChI is InChI=1S/C16H18OS2/c17-11-5-4-9-16(13-15-10-6-12-18-15)19-14-7-2-1-3-8-14/h1-3,6-8,10,12-13,17H,4-5,9,11H2/b16-13-. The van der Waals surface area contributed by atoms with Crippen molar-refractivity contribution in [2.45, 2.75) is 24.2 Å². The second kappa shape index (κ2) is 8.20. The summed E-state index contributed by atoms with van der Waals surface area (Å²) in [6, 6.07) is 14.7. The van der Waals surface area contributed by atoms with E-state index in [-0.39, 0.29) is 6.61 Å². The Kier molecular flexibility index (Phi) is 6.21. The van der Waals surface area contributed by atoms with Crippen molar-refractivity contribution < 1.29 is 5.11 Å². The van der Waals surface area contributed by atoms with Gasteiger partial charge in [-0.15, -0.1) is 11.3 Å². The largest absolute Gasteiger partial charge is 0.396 e. The van der Waals surface area contributed by atoms with Crippen LogP contribution in [0, 0.1) is 0 Å². The fourth-order valence-electron chi connectivity index (χ4n) is 1.74. The van der Waals surface area contributed by atoms with Gasteiger partial charge in [0.25, 0.3) is 0 Å². The van der Waals surface area contributed by atoms with E-state index in [1.54, 1.807) is 11.3 Å². The van der Waals surface area contributed by atoms with Gasteiger partial charge in [-0.1, -0.05) is 36.0 Å². The van der Waals surface area contributed by atoms with Crippen LogP contribution < -0.4 is 0 Å². The van der Waals surface area contributed by atoms with Crippen LogP contribution in [0.2, 0.25) is 0 Å². The van der Waals surface area contributed by atoms with Crippen molar-refractivity contribution in [3.8, 4) is 0 Å². The molecule has 1 aromatic heterocycles. The van der Waals surface area contributed by atoms with Crippen LogP contribution in [0.15, 0.2) is 57.6 Å². The SMILES string of the molecule is OCCCC/C(=C/c1cccs1)Sc1ccccc1. The number of benzene rings is 1. The minimum atomic E-state index is 0.280. The number of unbranched alkanes of at least 4 members (excludes halogenated alkanes) is 1. The second-order valence-electron chi connectivity index (χ2n) is 4.22. The van der Waals surface area contributed by atoms with Crippen LogP contribution in [0.3, 0.4) is 0 Å². The third-order valence-electron chi connectivity index (χ3n) is 2.67. The monoisotopic (exact) mass is 290 g/mol. The van der Waals surface area contributed by atoms with E-state index < -0.39 is 0 Å². The van der Waals surface area contributed by atoms with Crippen LogP contribution in [-0.4, -0.2) is 11.7 Å². The molecule has 2 rings (SSSR count). The smallest absolute Gasteiger partial charge is 0.0431 e. The van der Waals surface area contributed by atoms with Gasteiger partial charge in [0.1, 0.15) is 0 Å². The molecule has 0 unspecified atom stereocenters. The van der Waals surface area contributed by atoms with Crippen LogP contribution in [0.25, 0.3) is 6.08 Å². The van der Waals surface area contributed by atoms with Gasteiger partial charge < -0.3 is 5.11 Å². The Labute approximate surface area is 123 Å². The van der Waals surface area contributed by atoms with Gasteiger partial charge in [-0.25, -0.2) is 0 Å². The number of rotatable bonds is 7. The van der Waals surface area contributed by atoms with Gasteiger partial charge in [-0.2, -0.15) is 0 Å². The summed E-state index contributed by atoms with van der Waals surface area (Å²) in [5.74, 6) is 0. The van der Waals surface area contributed by atoms with Gasteiger partial charge in [0.05, 0.1) is 0 Å². The number of thioether (sulfide) groups is 1. The Balaban J connectivity index is 2.05. The predicted octanol–water partition coefficient (Wildman–Crippen LogP) is 5.04. The molecule has 0 saturated heterocycles. The lowest BCUT2D eigenvalue weighted by Gasteiger charge is -2.06. The lowest BCUT2D eigenvalue weighted by molar-refractivity contribution is 0.285. The molecule has 1 heterocycles. The summed E-state index contributed by atoms with van der Waals surface area (Å²) in [6.07, 6.45) is 5.20. The minimum Gasteiger partial charge on any atom is -0.396 e. The van der Waals surface area contributed by atoms with Gasteiger partial charge in [0.15, 0.2) is 0 Å². The molecule has 1 N–H and O–H groups in total. The first kappa shape index (κ1) is 14.4. The molecule has 0 atom stereocenters. The van der Waals surface area contributed by atoms with Crippen molar-refractivity contribution in [1.82, 2.24) is 0 Å². The lowest BCUT2D eigenvalue weighted by Crippen LogP contribution is -1.85. The molecule has 0 aliphatic heterocycles. The first-order valence-electron chi connectivity index (χ1n) is 6.46. The molecular formula is C16H18OS2. The molecule has 0 saturated carbocycles. The molecule has 0 bridgehead atoms. The van der Waals surface area contributed by atoms with Crippen molar-refractivity contribution in [2.75, 3.05) is 6.61 Å². The molecule has 0 aliphatic carbocycles. The molecule has 100 valence electrons. The molecule has 0 spiro atoms. The third kappa shape index (κ3) is 5.23. The number of aliphatic hydroxyl groups is 1. The summed E-state index contributed by atoms with van der Waals surface area (Å²) in [7, 11) is 0. The summed E-state index contributed by atoms with van der Waals surface area (Å²) < 4.78 is 0. The van der Waals surface area contributed by atoms with Crippen molar-refractivity contribution in [3.05, 3.63) is 57.6 Å². The van der Waals surface area contributed by atoms with Crippen molar-refractivity contribution >= 4 is 29.2 Å². The molecule has 1 aromatic carbocycles. The zero-order valence-corrected chi connectivity index (χ0v) is 12.4. The Morgan fingerprint density at radius 2 is 1.95 bits per heavy atom. The maximum atomic E-state index is 8.90. The van der Waals surface area contributed by atoms with E-state index in [4.69, 9.17) is 5.11 Å². The van der Waals surface area contributed by atoms with Crippen molar-refractivity contribution in [2.24, 2.45) is 0 Å². The predicted molar refractivity (Wildman–Crippen MR) is 85.5 cm³/mol. The Morgan fingerprint density at radius 1 is 1.11 bits per heavy atom. The first-order chi connectivity index (χ1) is 9.38.